The van der Waals surface area contributed by atoms with E-state index in [0.717, 1.165) is 24.8 Å². The Morgan fingerprint density at radius 3 is 2.30 bits per heavy atom. The number of nitrogens with zero attached hydrogens (tertiary/aromatic N) is 3. The summed E-state index contributed by atoms with van der Waals surface area (Å²) in [6.07, 6.45) is 3.78. The lowest BCUT2D eigenvalue weighted by atomic mass is 10.1. The molecule has 2 fully saturated rings. The smallest absolute Gasteiger partial charge is 0.264 e. The molecule has 4 aromatic rings. The van der Waals surface area contributed by atoms with Gasteiger partial charge in [0.2, 0.25) is 0 Å². The number of para-hydroxylation sites is 1. The van der Waals surface area contributed by atoms with Crippen molar-refractivity contribution in [1.82, 2.24) is 14.8 Å². The van der Waals surface area contributed by atoms with Gasteiger partial charge in [-0.2, -0.15) is 0 Å². The molecule has 1 amide bonds. The van der Waals surface area contributed by atoms with Crippen molar-refractivity contribution in [2.45, 2.75) is 36.4 Å². The number of anilines is 1. The van der Waals surface area contributed by atoms with E-state index in [2.05, 4.69) is 38.9 Å². The van der Waals surface area contributed by atoms with Gasteiger partial charge < -0.3 is 4.90 Å². The molecule has 0 saturated carbocycles. The number of pyridine rings is 1. The maximum atomic E-state index is 13.3. The van der Waals surface area contributed by atoms with Crippen LogP contribution in [0.3, 0.4) is 0 Å². The van der Waals surface area contributed by atoms with Crippen LogP contribution in [0, 0.1) is 0 Å². The number of fused-ring (bicyclic) bond motifs is 3. The summed E-state index contributed by atoms with van der Waals surface area (Å²) in [6.45, 7) is 2.34. The molecule has 1 N–H and O–H groups in total. The number of piperazine rings is 1. The minimum atomic E-state index is -3.85. The van der Waals surface area contributed by atoms with Crippen molar-refractivity contribution in [1.29, 1.82) is 0 Å². The van der Waals surface area contributed by atoms with Crippen LogP contribution in [-0.4, -0.2) is 54.3 Å². The van der Waals surface area contributed by atoms with Crippen LogP contribution < -0.4 is 4.72 Å². The molecule has 1 aromatic heterocycles. The molecule has 188 valence electrons. The van der Waals surface area contributed by atoms with E-state index in [4.69, 9.17) is 0 Å². The highest BCUT2D eigenvalue weighted by atomic mass is 32.2. The van der Waals surface area contributed by atoms with Gasteiger partial charge in [0.15, 0.2) is 0 Å². The number of aromatic nitrogens is 1. The average Bonchev–Trinajstić information content (AvgIpc) is 3.14. The fourth-order valence-electron chi connectivity index (χ4n) is 5.58. The van der Waals surface area contributed by atoms with Gasteiger partial charge in [0, 0.05) is 54.6 Å². The molecule has 2 aliphatic heterocycles. The van der Waals surface area contributed by atoms with Crippen molar-refractivity contribution < 1.29 is 13.2 Å². The zero-order chi connectivity index (χ0) is 25.4. The van der Waals surface area contributed by atoms with Gasteiger partial charge >= 0.3 is 0 Å². The maximum absolute atomic E-state index is 13.3. The van der Waals surface area contributed by atoms with E-state index in [9.17, 15) is 13.2 Å². The van der Waals surface area contributed by atoms with Crippen molar-refractivity contribution in [2.24, 2.45) is 0 Å². The highest BCUT2D eigenvalue weighted by Crippen LogP contribution is 2.32. The van der Waals surface area contributed by atoms with Gasteiger partial charge in [-0.1, -0.05) is 48.5 Å². The number of sulfonamides is 1. The third-order valence-corrected chi connectivity index (χ3v) is 8.81. The number of nitrogens with one attached hydrogen (secondary N) is 1. The summed E-state index contributed by atoms with van der Waals surface area (Å²) in [5, 5.41) is 0.754. The van der Waals surface area contributed by atoms with Gasteiger partial charge in [-0.3, -0.25) is 19.4 Å². The second-order valence-electron chi connectivity index (χ2n) is 9.77. The molecule has 2 bridgehead atoms. The highest BCUT2D eigenvalue weighted by molar-refractivity contribution is 7.93. The summed E-state index contributed by atoms with van der Waals surface area (Å²) >= 11 is 0. The van der Waals surface area contributed by atoms with Crippen molar-refractivity contribution in [3.05, 3.63) is 102 Å². The number of rotatable bonds is 6. The molecule has 37 heavy (non-hydrogen) atoms. The first-order valence-corrected chi connectivity index (χ1v) is 14.0. The SMILES string of the molecule is O=C(c1ccc(NS(=O)(=O)c2cccc3cccnc23)cc1)N1CC2CCC(C1)N2Cc1ccccc1. The molecule has 0 aliphatic carbocycles. The lowest BCUT2D eigenvalue weighted by molar-refractivity contribution is 0.0424. The van der Waals surface area contributed by atoms with Crippen LogP contribution in [0.15, 0.2) is 96.0 Å². The molecule has 0 radical (unpaired) electrons. The predicted molar refractivity (Wildman–Crippen MR) is 144 cm³/mol. The number of benzene rings is 3. The van der Waals surface area contributed by atoms with E-state index in [1.165, 1.54) is 5.56 Å². The highest BCUT2D eigenvalue weighted by Gasteiger charge is 2.41. The molecule has 2 saturated heterocycles. The number of likely N-dealkylation sites (tertiary alicyclic amines) is 1. The Hall–Kier alpha value is -3.75. The zero-order valence-electron chi connectivity index (χ0n) is 20.3. The third kappa shape index (κ3) is 4.70. The van der Waals surface area contributed by atoms with Crippen LogP contribution in [-0.2, 0) is 16.6 Å². The Bertz CT molecular complexity index is 1520. The fraction of sp³-hybridized carbons (Fsp3) is 0.241. The van der Waals surface area contributed by atoms with E-state index in [1.54, 1.807) is 48.7 Å². The molecular formula is C29H28N4O3S. The monoisotopic (exact) mass is 512 g/mol. The minimum Gasteiger partial charge on any atom is -0.336 e. The zero-order valence-corrected chi connectivity index (χ0v) is 21.1. The number of hydrogen-bond donors (Lipinski definition) is 1. The molecule has 7 nitrogen and oxygen atoms in total. The Kier molecular flexibility index (Phi) is 6.14. The van der Waals surface area contributed by atoms with Crippen LogP contribution in [0.5, 0.6) is 0 Å². The van der Waals surface area contributed by atoms with Gasteiger partial charge in [0.1, 0.15) is 4.90 Å². The van der Waals surface area contributed by atoms with Crippen LogP contribution in [0.4, 0.5) is 5.69 Å². The molecule has 6 rings (SSSR count). The van der Waals surface area contributed by atoms with Crippen molar-refractivity contribution >= 4 is 32.5 Å². The molecule has 0 spiro atoms. The van der Waals surface area contributed by atoms with Crippen LogP contribution in [0.25, 0.3) is 10.9 Å². The van der Waals surface area contributed by atoms with E-state index in [1.807, 2.05) is 23.1 Å². The largest absolute Gasteiger partial charge is 0.336 e. The first kappa shape index (κ1) is 23.6. The van der Waals surface area contributed by atoms with Crippen molar-refractivity contribution in [3.8, 4) is 0 Å². The number of carbonyl (C=O) groups excluding carboxylic acids is 1. The standard InChI is InChI=1S/C29H28N4O3S/c34-29(32-19-25-15-16-26(20-32)33(25)18-21-6-2-1-3-7-21)23-11-13-24(14-12-23)31-37(35,36)27-10-4-8-22-9-5-17-30-28(22)27/h1-14,17,25-26,31H,15-16,18-20H2. The minimum absolute atomic E-state index is 0.0103. The third-order valence-electron chi connectivity index (χ3n) is 7.40. The van der Waals surface area contributed by atoms with Crippen LogP contribution in [0.2, 0.25) is 0 Å². The quantitative estimate of drug-likeness (QED) is 0.411. The second kappa shape index (κ2) is 9.61. The summed E-state index contributed by atoms with van der Waals surface area (Å²) in [4.78, 5) is 22.2. The fourth-order valence-corrected chi connectivity index (χ4v) is 6.81. The van der Waals surface area contributed by atoms with Gasteiger partial charge in [-0.15, -0.1) is 0 Å². The molecule has 3 aromatic carbocycles. The Morgan fingerprint density at radius 2 is 1.57 bits per heavy atom. The summed E-state index contributed by atoms with van der Waals surface area (Å²) < 4.78 is 28.8. The summed E-state index contributed by atoms with van der Waals surface area (Å²) in [5.74, 6) is -0.0103. The number of carbonyl (C=O) groups is 1. The molecule has 3 heterocycles. The summed E-state index contributed by atoms with van der Waals surface area (Å²) in [5.41, 5.74) is 2.68. The predicted octanol–water partition coefficient (Wildman–Crippen LogP) is 4.52. The topological polar surface area (TPSA) is 82.6 Å². The summed E-state index contributed by atoms with van der Waals surface area (Å²) in [6, 6.07) is 26.6. The number of hydrogen-bond acceptors (Lipinski definition) is 5. The van der Waals surface area contributed by atoms with E-state index in [-0.39, 0.29) is 10.8 Å². The van der Waals surface area contributed by atoms with Crippen molar-refractivity contribution in [2.75, 3.05) is 17.8 Å². The Morgan fingerprint density at radius 1 is 0.865 bits per heavy atom. The normalized spacial score (nSPS) is 19.7. The van der Waals surface area contributed by atoms with E-state index < -0.39 is 10.0 Å². The molecule has 2 unspecified atom stereocenters. The van der Waals surface area contributed by atoms with Gasteiger partial charge in [0.25, 0.3) is 15.9 Å². The van der Waals surface area contributed by atoms with Gasteiger partial charge in [0.05, 0.1) is 5.52 Å². The number of amides is 1. The average molecular weight is 513 g/mol. The maximum Gasteiger partial charge on any atom is 0.264 e. The second-order valence-corrected chi connectivity index (χ2v) is 11.4. The first-order chi connectivity index (χ1) is 18.0. The van der Waals surface area contributed by atoms with E-state index in [0.29, 0.717) is 41.9 Å². The molecule has 8 heteroatoms. The lowest BCUT2D eigenvalue weighted by Gasteiger charge is -2.41. The lowest BCUT2D eigenvalue weighted by Crippen LogP contribution is -2.54. The molecule has 2 aliphatic rings. The van der Waals surface area contributed by atoms with E-state index >= 15 is 0 Å². The molecular weight excluding hydrogens is 484 g/mol. The van der Waals surface area contributed by atoms with Crippen molar-refractivity contribution in [3.63, 3.8) is 0 Å². The molecule has 2 atom stereocenters. The van der Waals surface area contributed by atoms with Gasteiger partial charge in [-0.25, -0.2) is 8.42 Å². The van der Waals surface area contributed by atoms with Crippen LogP contribution in [0.1, 0.15) is 28.8 Å². The van der Waals surface area contributed by atoms with Crippen LogP contribution >= 0.6 is 0 Å². The summed E-state index contributed by atoms with van der Waals surface area (Å²) in [7, 11) is -3.85. The van der Waals surface area contributed by atoms with Gasteiger partial charge in [-0.05, 0) is 54.8 Å². The first-order valence-electron chi connectivity index (χ1n) is 12.5. The Labute approximate surface area is 216 Å². The Balaban J connectivity index is 1.14.